The summed E-state index contributed by atoms with van der Waals surface area (Å²) in [5.74, 6) is -1.44. The molecule has 1 amide bonds. The van der Waals surface area contributed by atoms with Crippen molar-refractivity contribution in [3.05, 3.63) is 59.9 Å². The number of hydrogen-bond donors (Lipinski definition) is 2. The van der Waals surface area contributed by atoms with Gasteiger partial charge >= 0.3 is 12.1 Å². The van der Waals surface area contributed by atoms with E-state index in [-0.39, 0.29) is 30.3 Å². The molecule has 0 aromatic heterocycles. The quantitative estimate of drug-likeness (QED) is 0.639. The Kier molecular flexibility index (Phi) is 6.40. The van der Waals surface area contributed by atoms with Gasteiger partial charge in [-0.25, -0.2) is 14.0 Å². The Morgan fingerprint density at radius 3 is 2.32 bits per heavy atom. The van der Waals surface area contributed by atoms with Gasteiger partial charge in [-0.15, -0.1) is 0 Å². The summed E-state index contributed by atoms with van der Waals surface area (Å²) in [4.78, 5) is 27.9. The number of ether oxygens (including phenoxy) is 1. The molecule has 2 aliphatic rings. The average Bonchev–Trinajstić information content (AvgIpc) is 3.17. The summed E-state index contributed by atoms with van der Waals surface area (Å²) < 4.78 is 20.3. The molecule has 0 spiro atoms. The van der Waals surface area contributed by atoms with Gasteiger partial charge < -0.3 is 19.8 Å². The molecule has 1 saturated carbocycles. The highest BCUT2D eigenvalue weighted by molar-refractivity contribution is 5.80. The summed E-state index contributed by atoms with van der Waals surface area (Å²) in [5, 5.41) is 18.6. The van der Waals surface area contributed by atoms with E-state index in [1.807, 2.05) is 30.1 Å². The summed E-state index contributed by atoms with van der Waals surface area (Å²) in [6.45, 7) is -0.0843. The fraction of sp³-hybridized carbons (Fsp3) is 0.440. The fourth-order valence-corrected chi connectivity index (χ4v) is 5.15. The van der Waals surface area contributed by atoms with E-state index in [1.54, 1.807) is 6.07 Å². The van der Waals surface area contributed by atoms with Crippen molar-refractivity contribution in [1.82, 2.24) is 9.80 Å². The van der Waals surface area contributed by atoms with Gasteiger partial charge in [0.15, 0.2) is 0 Å². The van der Waals surface area contributed by atoms with Gasteiger partial charge in [0.1, 0.15) is 23.7 Å². The SMILES string of the molecule is CN(c1cc(F)cc(O[C@H]2C[C@@H](C(=O)O)N(C(=O)O)C2)c1)C1CC(c2ccccc2)(N(C)C)C1. The lowest BCUT2D eigenvalue weighted by molar-refractivity contribution is -0.141. The molecule has 0 radical (unpaired) electrons. The Bertz CT molecular complexity index is 1040. The van der Waals surface area contributed by atoms with E-state index in [9.17, 15) is 24.2 Å². The molecule has 0 unspecified atom stereocenters. The van der Waals surface area contributed by atoms with Crippen molar-refractivity contribution in [2.75, 3.05) is 32.6 Å². The van der Waals surface area contributed by atoms with Crippen molar-refractivity contribution in [2.24, 2.45) is 0 Å². The van der Waals surface area contributed by atoms with Crippen molar-refractivity contribution in [3.63, 3.8) is 0 Å². The topological polar surface area (TPSA) is 93.5 Å². The van der Waals surface area contributed by atoms with Gasteiger partial charge in [-0.05, 0) is 38.6 Å². The summed E-state index contributed by atoms with van der Waals surface area (Å²) in [6.07, 6.45) is -0.215. The first-order valence-corrected chi connectivity index (χ1v) is 11.3. The zero-order valence-electron chi connectivity index (χ0n) is 19.5. The van der Waals surface area contributed by atoms with Gasteiger partial charge in [0.2, 0.25) is 0 Å². The van der Waals surface area contributed by atoms with Crippen LogP contribution in [0, 0.1) is 5.82 Å². The van der Waals surface area contributed by atoms with Gasteiger partial charge in [0, 0.05) is 42.9 Å². The second-order valence-electron chi connectivity index (χ2n) is 9.37. The van der Waals surface area contributed by atoms with Gasteiger partial charge in [-0.3, -0.25) is 9.80 Å². The second-order valence-corrected chi connectivity index (χ2v) is 9.37. The molecular formula is C25H30FN3O5. The molecule has 2 atom stereocenters. The van der Waals surface area contributed by atoms with Crippen LogP contribution in [0.3, 0.4) is 0 Å². The van der Waals surface area contributed by atoms with Gasteiger partial charge in [0.05, 0.1) is 6.54 Å². The van der Waals surface area contributed by atoms with Crippen LogP contribution >= 0.6 is 0 Å². The maximum atomic E-state index is 14.5. The predicted molar refractivity (Wildman–Crippen MR) is 125 cm³/mol. The second kappa shape index (κ2) is 9.13. The Hall–Kier alpha value is -3.33. The van der Waals surface area contributed by atoms with E-state index in [2.05, 4.69) is 31.1 Å². The lowest BCUT2D eigenvalue weighted by atomic mass is 9.67. The third-order valence-electron chi connectivity index (χ3n) is 7.22. The molecular weight excluding hydrogens is 441 g/mol. The highest BCUT2D eigenvalue weighted by Gasteiger charge is 2.49. The third kappa shape index (κ3) is 4.40. The monoisotopic (exact) mass is 471 g/mol. The number of carbonyl (C=O) groups is 2. The average molecular weight is 472 g/mol. The zero-order valence-corrected chi connectivity index (χ0v) is 19.5. The smallest absolute Gasteiger partial charge is 0.408 e. The van der Waals surface area contributed by atoms with E-state index in [0.717, 1.165) is 17.7 Å². The Morgan fingerprint density at radius 2 is 1.76 bits per heavy atom. The number of carboxylic acid groups (broad SMARTS) is 2. The van der Waals surface area contributed by atoms with Crippen LogP contribution in [0.2, 0.25) is 0 Å². The maximum absolute atomic E-state index is 14.5. The lowest BCUT2D eigenvalue weighted by Gasteiger charge is -2.55. The van der Waals surface area contributed by atoms with E-state index in [4.69, 9.17) is 4.74 Å². The largest absolute Gasteiger partial charge is 0.488 e. The number of amides is 1. The molecule has 2 fully saturated rings. The molecule has 1 heterocycles. The Morgan fingerprint density at radius 1 is 1.09 bits per heavy atom. The first kappa shape index (κ1) is 23.8. The van der Waals surface area contributed by atoms with Gasteiger partial charge in [-0.1, -0.05) is 30.3 Å². The number of benzene rings is 2. The number of rotatable bonds is 7. The van der Waals surface area contributed by atoms with Crippen LogP contribution in [-0.2, 0) is 10.3 Å². The molecule has 9 heteroatoms. The predicted octanol–water partition coefficient (Wildman–Crippen LogP) is 3.47. The van der Waals surface area contributed by atoms with E-state index >= 15 is 0 Å². The highest BCUT2D eigenvalue weighted by Crippen LogP contribution is 2.48. The number of carboxylic acids is 1. The maximum Gasteiger partial charge on any atom is 0.408 e. The standard InChI is InChI=1S/C25H30FN3O5/c1-27(2)25(16-7-5-4-6-8-16)13-19(14-25)28(3)18-9-17(26)10-20(11-18)34-21-12-22(23(30)31)29(15-21)24(32)33/h4-11,19,21-22H,12-15H2,1-3H3,(H,30,31)(H,32,33)/t19?,21-,22-,25?/m0/s1. The van der Waals surface area contributed by atoms with Crippen molar-refractivity contribution < 1.29 is 28.9 Å². The summed E-state index contributed by atoms with van der Waals surface area (Å²) in [6, 6.07) is 13.8. The van der Waals surface area contributed by atoms with Crippen LogP contribution in [0.5, 0.6) is 5.75 Å². The number of hydrogen-bond acceptors (Lipinski definition) is 5. The first-order valence-electron chi connectivity index (χ1n) is 11.3. The molecule has 8 nitrogen and oxygen atoms in total. The summed E-state index contributed by atoms with van der Waals surface area (Å²) >= 11 is 0. The van der Waals surface area contributed by atoms with E-state index in [0.29, 0.717) is 5.69 Å². The molecule has 2 aromatic carbocycles. The van der Waals surface area contributed by atoms with Crippen LogP contribution in [0.1, 0.15) is 24.8 Å². The minimum atomic E-state index is -1.31. The van der Waals surface area contributed by atoms with Gasteiger partial charge in [0.25, 0.3) is 0 Å². The van der Waals surface area contributed by atoms with Crippen LogP contribution in [0.25, 0.3) is 0 Å². The number of aliphatic carboxylic acids is 1. The molecule has 0 bridgehead atoms. The van der Waals surface area contributed by atoms with Crippen LogP contribution in [0.15, 0.2) is 48.5 Å². The molecule has 1 aliphatic carbocycles. The van der Waals surface area contributed by atoms with Gasteiger partial charge in [-0.2, -0.15) is 0 Å². The minimum absolute atomic E-state index is 0.00831. The third-order valence-corrected chi connectivity index (χ3v) is 7.22. The summed E-state index contributed by atoms with van der Waals surface area (Å²) in [5.41, 5.74) is 1.83. The number of likely N-dealkylation sites (tertiary alicyclic amines) is 1. The normalized spacial score (nSPS) is 26.3. The molecule has 1 aliphatic heterocycles. The van der Waals surface area contributed by atoms with Crippen molar-refractivity contribution in [3.8, 4) is 5.75 Å². The van der Waals surface area contributed by atoms with Crippen molar-refractivity contribution >= 4 is 17.7 Å². The molecule has 2 N–H and O–H groups in total. The van der Waals surface area contributed by atoms with E-state index in [1.165, 1.54) is 17.7 Å². The fourth-order valence-electron chi connectivity index (χ4n) is 5.15. The van der Waals surface area contributed by atoms with Crippen molar-refractivity contribution in [1.29, 1.82) is 0 Å². The molecule has 4 rings (SSSR count). The Balaban J connectivity index is 1.47. The van der Waals surface area contributed by atoms with E-state index < -0.39 is 30.0 Å². The molecule has 2 aromatic rings. The van der Waals surface area contributed by atoms with Crippen molar-refractivity contribution in [2.45, 2.75) is 43.0 Å². The zero-order chi connectivity index (χ0) is 24.6. The Labute approximate surface area is 198 Å². The summed E-state index contributed by atoms with van der Waals surface area (Å²) in [7, 11) is 6.07. The lowest BCUT2D eigenvalue weighted by Crippen LogP contribution is -2.59. The number of nitrogens with zero attached hydrogens (tertiary/aromatic N) is 3. The molecule has 1 saturated heterocycles. The number of halogens is 1. The molecule has 182 valence electrons. The highest BCUT2D eigenvalue weighted by atomic mass is 19.1. The first-order chi connectivity index (χ1) is 16.1. The van der Waals surface area contributed by atoms with Crippen LogP contribution in [-0.4, -0.2) is 78.0 Å². The molecule has 34 heavy (non-hydrogen) atoms. The van der Waals surface area contributed by atoms with Crippen LogP contribution < -0.4 is 9.64 Å². The van der Waals surface area contributed by atoms with Crippen LogP contribution in [0.4, 0.5) is 14.9 Å². The number of anilines is 1. The minimum Gasteiger partial charge on any atom is -0.488 e.